The van der Waals surface area contributed by atoms with Crippen LogP contribution in [0, 0.1) is 23.1 Å². The molecule has 3 heterocycles. The van der Waals surface area contributed by atoms with Crippen molar-refractivity contribution < 1.29 is 26.8 Å². The Morgan fingerprint density at radius 1 is 1.02 bits per heavy atom. The number of amides is 1. The highest BCUT2D eigenvalue weighted by atomic mass is 19.4. The first kappa shape index (κ1) is 28.8. The zero-order valence-electron chi connectivity index (χ0n) is 23.1. The maximum absolute atomic E-state index is 14.6. The first-order valence-electron chi connectivity index (χ1n) is 13.8. The summed E-state index contributed by atoms with van der Waals surface area (Å²) >= 11 is 0. The van der Waals surface area contributed by atoms with E-state index in [1.807, 2.05) is 0 Å². The largest absolute Gasteiger partial charge is 0.435 e. The average molecular weight is 601 g/mol. The highest BCUT2D eigenvalue weighted by molar-refractivity contribution is 5.95. The highest BCUT2D eigenvalue weighted by Crippen LogP contribution is 2.35. The number of fused-ring (bicyclic) bond motifs is 1. The van der Waals surface area contributed by atoms with Crippen molar-refractivity contribution in [1.82, 2.24) is 20.3 Å². The minimum atomic E-state index is -4.53. The molecule has 0 spiro atoms. The van der Waals surface area contributed by atoms with Crippen LogP contribution in [0.1, 0.15) is 34.5 Å². The number of anilines is 1. The van der Waals surface area contributed by atoms with Crippen LogP contribution in [0.15, 0.2) is 77.3 Å². The zero-order valence-corrected chi connectivity index (χ0v) is 23.1. The Morgan fingerprint density at radius 2 is 1.77 bits per heavy atom. The number of nitriles is 1. The van der Waals surface area contributed by atoms with E-state index >= 15 is 0 Å². The van der Waals surface area contributed by atoms with Gasteiger partial charge in [-0.3, -0.25) is 4.79 Å². The number of carbonyl (C=O) groups is 1. The minimum absolute atomic E-state index is 0.0512. The van der Waals surface area contributed by atoms with E-state index in [1.54, 1.807) is 59.5 Å². The summed E-state index contributed by atoms with van der Waals surface area (Å²) in [6.45, 7) is 1.38. The number of alkyl halides is 3. The number of hydrogen-bond acceptors (Lipinski definition) is 7. The normalized spacial score (nSPS) is 14.0. The fourth-order valence-electron chi connectivity index (χ4n) is 5.20. The molecule has 3 aromatic carbocycles. The van der Waals surface area contributed by atoms with Gasteiger partial charge >= 0.3 is 6.18 Å². The summed E-state index contributed by atoms with van der Waals surface area (Å²) in [7, 11) is 0. The molecule has 0 atom stereocenters. The van der Waals surface area contributed by atoms with E-state index in [9.17, 15) is 27.6 Å². The molecule has 8 nitrogen and oxygen atoms in total. The molecule has 0 saturated carbocycles. The third-order valence-corrected chi connectivity index (χ3v) is 7.56. The molecule has 1 fully saturated rings. The lowest BCUT2D eigenvalue weighted by Crippen LogP contribution is -2.39. The summed E-state index contributed by atoms with van der Waals surface area (Å²) in [5, 5.41) is 12.4. The summed E-state index contributed by atoms with van der Waals surface area (Å²) in [5.74, 6) is -0.251. The molecule has 0 radical (unpaired) electrons. The summed E-state index contributed by atoms with van der Waals surface area (Å²) in [4.78, 5) is 26.7. The Morgan fingerprint density at radius 3 is 2.48 bits per heavy atom. The first-order valence-corrected chi connectivity index (χ1v) is 13.8. The number of oxazole rings is 1. The number of rotatable bonds is 6. The van der Waals surface area contributed by atoms with Crippen LogP contribution in [0.2, 0.25) is 0 Å². The second-order valence-electron chi connectivity index (χ2n) is 10.4. The molecule has 5 aromatic rings. The van der Waals surface area contributed by atoms with Gasteiger partial charge in [-0.25, -0.2) is 19.3 Å². The van der Waals surface area contributed by atoms with Crippen LogP contribution < -0.4 is 10.2 Å². The monoisotopic (exact) mass is 600 g/mol. The van der Waals surface area contributed by atoms with Crippen molar-refractivity contribution >= 4 is 23.0 Å². The first-order chi connectivity index (χ1) is 21.2. The van der Waals surface area contributed by atoms with Crippen molar-refractivity contribution in [2.24, 2.45) is 5.92 Å². The standard InChI is InChI=1S/C32H24F4N6O2/c33-25-4-2-1-3-23(25)24-15-20(17-37)16-26-28(24)44-30(40-26)22-7-5-21(6-8-22)29(43)39-18-19-10-13-42(14-11-19)31-38-12-9-27(41-31)32(34,35)36/h1-9,12,15-16,19H,10-11,13-14,18H2,(H,39,43). The van der Waals surface area contributed by atoms with Gasteiger partial charge in [0.25, 0.3) is 5.91 Å². The van der Waals surface area contributed by atoms with Crippen molar-refractivity contribution in [1.29, 1.82) is 5.26 Å². The summed E-state index contributed by atoms with van der Waals surface area (Å²) in [5.41, 5.74) is 1.83. The van der Waals surface area contributed by atoms with Gasteiger partial charge < -0.3 is 14.6 Å². The molecular weight excluding hydrogens is 576 g/mol. The van der Waals surface area contributed by atoms with E-state index in [0.29, 0.717) is 71.4 Å². The van der Waals surface area contributed by atoms with Gasteiger partial charge in [-0.15, -0.1) is 0 Å². The van der Waals surface area contributed by atoms with Gasteiger partial charge in [0, 0.05) is 48.1 Å². The van der Waals surface area contributed by atoms with Gasteiger partial charge in [-0.05, 0) is 67.3 Å². The Hall–Kier alpha value is -5.31. The Balaban J connectivity index is 1.10. The average Bonchev–Trinajstić information content (AvgIpc) is 3.48. The van der Waals surface area contributed by atoms with Crippen LogP contribution >= 0.6 is 0 Å². The molecule has 1 aliphatic rings. The third-order valence-electron chi connectivity index (χ3n) is 7.56. The molecule has 0 unspecified atom stereocenters. The van der Waals surface area contributed by atoms with Crippen LogP contribution in [0.4, 0.5) is 23.5 Å². The maximum Gasteiger partial charge on any atom is 0.433 e. The van der Waals surface area contributed by atoms with E-state index in [1.165, 1.54) is 6.07 Å². The van der Waals surface area contributed by atoms with Crippen LogP contribution in [0.25, 0.3) is 33.7 Å². The lowest BCUT2D eigenvalue weighted by molar-refractivity contribution is -0.141. The van der Waals surface area contributed by atoms with E-state index in [-0.39, 0.29) is 23.7 Å². The Kier molecular flexibility index (Phi) is 7.69. The van der Waals surface area contributed by atoms with E-state index < -0.39 is 17.7 Å². The smallest absolute Gasteiger partial charge is 0.433 e. The number of aromatic nitrogens is 3. The highest BCUT2D eigenvalue weighted by Gasteiger charge is 2.33. The number of benzene rings is 3. The molecule has 12 heteroatoms. The van der Waals surface area contributed by atoms with E-state index in [0.717, 1.165) is 12.3 Å². The summed E-state index contributed by atoms with van der Waals surface area (Å²) < 4.78 is 59.6. The molecule has 6 rings (SSSR count). The van der Waals surface area contributed by atoms with Gasteiger partial charge in [0.05, 0.1) is 11.6 Å². The molecule has 0 bridgehead atoms. The van der Waals surface area contributed by atoms with Crippen LogP contribution in [0.3, 0.4) is 0 Å². The summed E-state index contributed by atoms with van der Waals surface area (Å²) in [6, 6.07) is 19.0. The van der Waals surface area contributed by atoms with E-state index in [4.69, 9.17) is 4.42 Å². The lowest BCUT2D eigenvalue weighted by Gasteiger charge is -2.32. The van der Waals surface area contributed by atoms with Gasteiger partial charge in [-0.1, -0.05) is 18.2 Å². The predicted octanol–water partition coefficient (Wildman–Crippen LogP) is 6.63. The molecule has 2 aromatic heterocycles. The van der Waals surface area contributed by atoms with E-state index in [2.05, 4.69) is 26.3 Å². The van der Waals surface area contributed by atoms with Crippen molar-refractivity contribution in [3.05, 3.63) is 95.6 Å². The van der Waals surface area contributed by atoms with Crippen LogP contribution in [0.5, 0.6) is 0 Å². The number of nitrogens with zero attached hydrogens (tertiary/aromatic N) is 5. The third kappa shape index (κ3) is 5.94. The second kappa shape index (κ2) is 11.8. The fraction of sp³-hybridized carbons (Fsp3) is 0.219. The number of piperidine rings is 1. The number of nitrogens with one attached hydrogen (secondary N) is 1. The quantitative estimate of drug-likeness (QED) is 0.218. The molecule has 1 N–H and O–H groups in total. The molecule has 1 aliphatic heterocycles. The molecule has 222 valence electrons. The zero-order chi connectivity index (χ0) is 30.8. The van der Waals surface area contributed by atoms with Gasteiger partial charge in [0.15, 0.2) is 5.58 Å². The van der Waals surface area contributed by atoms with Gasteiger partial charge in [-0.2, -0.15) is 18.4 Å². The molecule has 1 amide bonds. The van der Waals surface area contributed by atoms with Gasteiger partial charge in [0.1, 0.15) is 17.0 Å². The van der Waals surface area contributed by atoms with Crippen molar-refractivity contribution in [2.75, 3.05) is 24.5 Å². The molecule has 1 saturated heterocycles. The predicted molar refractivity (Wildman–Crippen MR) is 154 cm³/mol. The van der Waals surface area contributed by atoms with Crippen molar-refractivity contribution in [3.8, 4) is 28.7 Å². The number of carbonyl (C=O) groups excluding carboxylic acids is 1. The second-order valence-corrected chi connectivity index (χ2v) is 10.4. The van der Waals surface area contributed by atoms with Crippen molar-refractivity contribution in [2.45, 2.75) is 19.0 Å². The SMILES string of the molecule is N#Cc1cc(-c2ccccc2F)c2oc(-c3ccc(C(=O)NCC4CCN(c5nccc(C(F)(F)F)n5)CC4)cc3)nc2c1. The number of hydrogen-bond donors (Lipinski definition) is 1. The number of halogens is 4. The molecular formula is C32H24F4N6O2. The molecule has 0 aliphatic carbocycles. The fourth-order valence-corrected chi connectivity index (χ4v) is 5.20. The van der Waals surface area contributed by atoms with Crippen molar-refractivity contribution in [3.63, 3.8) is 0 Å². The Labute approximate surface area is 249 Å². The molecule has 44 heavy (non-hydrogen) atoms. The maximum atomic E-state index is 14.6. The van der Waals surface area contributed by atoms with Gasteiger partial charge in [0.2, 0.25) is 11.8 Å². The van der Waals surface area contributed by atoms with Crippen LogP contribution in [-0.4, -0.2) is 40.5 Å². The van der Waals surface area contributed by atoms with Crippen LogP contribution in [-0.2, 0) is 6.18 Å². The Bertz CT molecular complexity index is 1870. The summed E-state index contributed by atoms with van der Waals surface area (Å²) in [6.07, 6.45) is -2.09. The minimum Gasteiger partial charge on any atom is -0.435 e. The topological polar surface area (TPSA) is 108 Å². The lowest BCUT2D eigenvalue weighted by atomic mass is 9.97.